The van der Waals surface area contributed by atoms with Crippen molar-refractivity contribution in [3.05, 3.63) is 71.2 Å². The van der Waals surface area contributed by atoms with Gasteiger partial charge >= 0.3 is 0 Å². The molecule has 3 rings (SSSR count). The summed E-state index contributed by atoms with van der Waals surface area (Å²) in [6.45, 7) is 2.14. The summed E-state index contributed by atoms with van der Waals surface area (Å²) in [5.41, 5.74) is 3.41. The summed E-state index contributed by atoms with van der Waals surface area (Å²) >= 11 is 0. The number of rotatable bonds is 5. The molecule has 1 heterocycles. The zero-order valence-electron chi connectivity index (χ0n) is 12.6. The number of benzene rings is 2. The fourth-order valence-corrected chi connectivity index (χ4v) is 3.69. The molecule has 23 heavy (non-hydrogen) atoms. The fraction of sp³-hybridized carbons (Fsp3) is 0.176. The number of sulfonamides is 1. The van der Waals surface area contributed by atoms with Crippen molar-refractivity contribution in [2.75, 3.05) is 0 Å². The molecule has 0 atom stereocenters. The van der Waals surface area contributed by atoms with Crippen molar-refractivity contribution in [3.8, 4) is 0 Å². The molecule has 4 nitrogen and oxygen atoms in total. The molecule has 2 aromatic carbocycles. The van der Waals surface area contributed by atoms with Crippen LogP contribution in [0.2, 0.25) is 0 Å². The van der Waals surface area contributed by atoms with Gasteiger partial charge in [-0.25, -0.2) is 17.5 Å². The van der Waals surface area contributed by atoms with Crippen molar-refractivity contribution >= 4 is 20.9 Å². The van der Waals surface area contributed by atoms with Crippen molar-refractivity contribution in [1.82, 2.24) is 9.71 Å². The maximum Gasteiger partial charge on any atom is 0.216 e. The summed E-state index contributed by atoms with van der Waals surface area (Å²) in [7, 11) is -3.50. The minimum atomic E-state index is -3.50. The van der Waals surface area contributed by atoms with E-state index in [1.807, 2.05) is 31.2 Å². The van der Waals surface area contributed by atoms with Gasteiger partial charge in [-0.1, -0.05) is 30.3 Å². The summed E-state index contributed by atoms with van der Waals surface area (Å²) in [5.74, 6) is -0.553. The van der Waals surface area contributed by atoms with Gasteiger partial charge in [0.1, 0.15) is 5.82 Å². The average Bonchev–Trinajstić information content (AvgIpc) is 2.83. The van der Waals surface area contributed by atoms with Gasteiger partial charge in [0, 0.05) is 23.1 Å². The van der Waals surface area contributed by atoms with Crippen LogP contribution < -0.4 is 4.72 Å². The van der Waals surface area contributed by atoms with E-state index in [0.29, 0.717) is 5.56 Å². The highest BCUT2D eigenvalue weighted by atomic mass is 32.2. The minimum Gasteiger partial charge on any atom is -0.358 e. The van der Waals surface area contributed by atoms with E-state index in [2.05, 4.69) is 9.71 Å². The molecule has 0 spiro atoms. The average molecular weight is 332 g/mol. The number of aromatic amines is 1. The SMILES string of the molecule is Cc1[nH]c2ccccc2c1CNS(=O)(=O)Cc1ccc(F)cc1. The Hall–Kier alpha value is -2.18. The third-order valence-electron chi connectivity index (χ3n) is 3.77. The van der Waals surface area contributed by atoms with Gasteiger partial charge < -0.3 is 4.98 Å². The molecule has 120 valence electrons. The molecule has 0 radical (unpaired) electrons. The highest BCUT2D eigenvalue weighted by molar-refractivity contribution is 7.88. The van der Waals surface area contributed by atoms with Crippen LogP contribution in [0.3, 0.4) is 0 Å². The standard InChI is InChI=1S/C17H17FN2O2S/c1-12-16(15-4-2-3-5-17(15)20-12)10-19-23(21,22)11-13-6-8-14(18)9-7-13/h2-9,19-20H,10-11H2,1H3. The van der Waals surface area contributed by atoms with Crippen molar-refractivity contribution < 1.29 is 12.8 Å². The second-order valence-electron chi connectivity index (χ2n) is 5.48. The summed E-state index contributed by atoms with van der Waals surface area (Å²) in [6, 6.07) is 13.2. The second kappa shape index (κ2) is 6.14. The molecule has 0 aliphatic carbocycles. The minimum absolute atomic E-state index is 0.172. The number of hydrogen-bond acceptors (Lipinski definition) is 2. The van der Waals surface area contributed by atoms with Crippen LogP contribution in [-0.2, 0) is 22.3 Å². The lowest BCUT2D eigenvalue weighted by Crippen LogP contribution is -2.24. The molecule has 3 aromatic rings. The number of para-hydroxylation sites is 1. The largest absolute Gasteiger partial charge is 0.358 e. The van der Waals surface area contributed by atoms with Crippen LogP contribution in [0.1, 0.15) is 16.8 Å². The third-order valence-corrected chi connectivity index (χ3v) is 5.06. The van der Waals surface area contributed by atoms with E-state index in [0.717, 1.165) is 22.2 Å². The Balaban J connectivity index is 1.76. The summed E-state index contributed by atoms with van der Waals surface area (Å²) < 4.78 is 39.9. The Morgan fingerprint density at radius 3 is 2.52 bits per heavy atom. The maximum absolute atomic E-state index is 12.9. The van der Waals surface area contributed by atoms with Crippen LogP contribution in [0.4, 0.5) is 4.39 Å². The normalized spacial score (nSPS) is 11.9. The van der Waals surface area contributed by atoms with E-state index in [9.17, 15) is 12.8 Å². The first-order valence-electron chi connectivity index (χ1n) is 7.22. The lowest BCUT2D eigenvalue weighted by Gasteiger charge is -2.07. The Morgan fingerprint density at radius 2 is 1.78 bits per heavy atom. The summed E-state index contributed by atoms with van der Waals surface area (Å²) in [6.07, 6.45) is 0. The molecule has 0 fully saturated rings. The lowest BCUT2D eigenvalue weighted by atomic mass is 10.1. The quantitative estimate of drug-likeness (QED) is 0.753. The van der Waals surface area contributed by atoms with Gasteiger partial charge in [0.25, 0.3) is 0 Å². The number of halogens is 1. The van der Waals surface area contributed by atoms with Crippen molar-refractivity contribution in [1.29, 1.82) is 0 Å². The van der Waals surface area contributed by atoms with Gasteiger partial charge in [-0.3, -0.25) is 0 Å². The topological polar surface area (TPSA) is 62.0 Å². The van der Waals surface area contributed by atoms with Crippen LogP contribution in [0.25, 0.3) is 10.9 Å². The van der Waals surface area contributed by atoms with E-state index < -0.39 is 10.0 Å². The maximum atomic E-state index is 12.9. The van der Waals surface area contributed by atoms with Crippen LogP contribution in [-0.4, -0.2) is 13.4 Å². The molecule has 0 aliphatic heterocycles. The number of nitrogens with one attached hydrogen (secondary N) is 2. The molecule has 0 unspecified atom stereocenters. The smallest absolute Gasteiger partial charge is 0.216 e. The zero-order valence-corrected chi connectivity index (χ0v) is 13.5. The van der Waals surface area contributed by atoms with Crippen LogP contribution in [0, 0.1) is 12.7 Å². The van der Waals surface area contributed by atoms with Gasteiger partial charge in [0.2, 0.25) is 10.0 Å². The molecule has 0 amide bonds. The first-order valence-corrected chi connectivity index (χ1v) is 8.88. The van der Waals surface area contributed by atoms with Gasteiger partial charge in [0.15, 0.2) is 0 Å². The molecule has 1 aromatic heterocycles. The first-order chi connectivity index (χ1) is 10.9. The van der Waals surface area contributed by atoms with Crippen molar-refractivity contribution in [2.45, 2.75) is 19.2 Å². The van der Waals surface area contributed by atoms with E-state index >= 15 is 0 Å². The first kappa shape index (κ1) is 15.7. The molecule has 6 heteroatoms. The lowest BCUT2D eigenvalue weighted by molar-refractivity contribution is 0.580. The van der Waals surface area contributed by atoms with E-state index in [1.165, 1.54) is 24.3 Å². The predicted octanol–water partition coefficient (Wildman–Crippen LogP) is 3.24. The zero-order chi connectivity index (χ0) is 16.4. The van der Waals surface area contributed by atoms with Gasteiger partial charge in [-0.2, -0.15) is 0 Å². The fourth-order valence-electron chi connectivity index (χ4n) is 2.60. The monoisotopic (exact) mass is 332 g/mol. The Kier molecular flexibility index (Phi) is 4.19. The van der Waals surface area contributed by atoms with Crippen LogP contribution in [0.15, 0.2) is 48.5 Å². The molecular formula is C17H17FN2O2S. The Bertz CT molecular complexity index is 931. The number of aromatic nitrogens is 1. The molecular weight excluding hydrogens is 315 g/mol. The Labute approximate surface area is 134 Å². The Morgan fingerprint density at radius 1 is 1.09 bits per heavy atom. The molecule has 0 saturated heterocycles. The second-order valence-corrected chi connectivity index (χ2v) is 7.29. The van der Waals surface area contributed by atoms with Gasteiger partial charge in [-0.05, 0) is 36.2 Å². The van der Waals surface area contributed by atoms with Crippen LogP contribution >= 0.6 is 0 Å². The van der Waals surface area contributed by atoms with E-state index in [4.69, 9.17) is 0 Å². The summed E-state index contributed by atoms with van der Waals surface area (Å²) in [5, 5.41) is 1.01. The highest BCUT2D eigenvalue weighted by Gasteiger charge is 2.14. The molecule has 2 N–H and O–H groups in total. The highest BCUT2D eigenvalue weighted by Crippen LogP contribution is 2.21. The van der Waals surface area contributed by atoms with E-state index in [1.54, 1.807) is 0 Å². The van der Waals surface area contributed by atoms with Gasteiger partial charge in [0.05, 0.1) is 5.75 Å². The van der Waals surface area contributed by atoms with Crippen molar-refractivity contribution in [2.24, 2.45) is 0 Å². The van der Waals surface area contributed by atoms with Gasteiger partial charge in [-0.15, -0.1) is 0 Å². The molecule has 0 saturated carbocycles. The predicted molar refractivity (Wildman–Crippen MR) is 88.9 cm³/mol. The van der Waals surface area contributed by atoms with E-state index in [-0.39, 0.29) is 18.1 Å². The molecule has 0 bridgehead atoms. The number of H-pyrrole nitrogens is 1. The van der Waals surface area contributed by atoms with Crippen LogP contribution in [0.5, 0.6) is 0 Å². The molecule has 0 aliphatic rings. The number of fused-ring (bicyclic) bond motifs is 1. The third kappa shape index (κ3) is 3.60. The summed E-state index contributed by atoms with van der Waals surface area (Å²) in [4.78, 5) is 3.24. The number of hydrogen-bond donors (Lipinski definition) is 2. The number of aryl methyl sites for hydroxylation is 1. The van der Waals surface area contributed by atoms with Crippen molar-refractivity contribution in [3.63, 3.8) is 0 Å².